The lowest BCUT2D eigenvalue weighted by atomic mass is 9.73. The van der Waals surface area contributed by atoms with E-state index in [1.165, 1.54) is 0 Å². The lowest BCUT2D eigenvalue weighted by Gasteiger charge is -2.32. The third-order valence-electron chi connectivity index (χ3n) is 4.74. The Balaban J connectivity index is 2.51. The van der Waals surface area contributed by atoms with Gasteiger partial charge in [0.1, 0.15) is 0 Å². The van der Waals surface area contributed by atoms with Crippen molar-refractivity contribution < 1.29 is 18.8 Å². The number of benzene rings is 1. The Labute approximate surface area is 139 Å². The van der Waals surface area contributed by atoms with Gasteiger partial charge in [-0.1, -0.05) is 32.0 Å². The second-order valence-electron chi connectivity index (χ2n) is 7.27. The summed E-state index contributed by atoms with van der Waals surface area (Å²) in [6, 6.07) is 5.80. The van der Waals surface area contributed by atoms with Crippen molar-refractivity contribution >= 4 is 18.6 Å². The predicted molar refractivity (Wildman–Crippen MR) is 92.2 cm³/mol. The Bertz CT molecular complexity index is 577. The first-order valence-electron chi connectivity index (χ1n) is 8.26. The van der Waals surface area contributed by atoms with Crippen molar-refractivity contribution in [2.24, 2.45) is 0 Å². The van der Waals surface area contributed by atoms with Gasteiger partial charge in [0.15, 0.2) is 0 Å². The Morgan fingerprint density at radius 2 is 1.74 bits per heavy atom. The van der Waals surface area contributed by atoms with Gasteiger partial charge in [-0.05, 0) is 51.6 Å². The van der Waals surface area contributed by atoms with Crippen molar-refractivity contribution in [3.05, 3.63) is 29.3 Å². The molecule has 0 radical (unpaired) electrons. The maximum atomic E-state index is 12.5. The Morgan fingerprint density at radius 3 is 2.22 bits per heavy atom. The van der Waals surface area contributed by atoms with Crippen molar-refractivity contribution in [3.8, 4) is 0 Å². The third kappa shape index (κ3) is 3.31. The lowest BCUT2D eigenvalue weighted by molar-refractivity contribution is 0.00578. The highest BCUT2D eigenvalue weighted by Gasteiger charge is 2.52. The highest BCUT2D eigenvalue weighted by atomic mass is 16.7. The second kappa shape index (κ2) is 6.29. The molecule has 1 aromatic carbocycles. The average molecular weight is 318 g/mol. The first-order chi connectivity index (χ1) is 10.6. The molecular formula is C18H27BO4. The molecule has 1 aromatic rings. The summed E-state index contributed by atoms with van der Waals surface area (Å²) in [7, 11) is -0.571. The highest BCUT2D eigenvalue weighted by Crippen LogP contribution is 2.37. The highest BCUT2D eigenvalue weighted by molar-refractivity contribution is 6.63. The second-order valence-corrected chi connectivity index (χ2v) is 7.27. The SMILES string of the molecule is CCOC(=O)c1c(B2OC(C)(C)C(C)(C)O2)cccc1C(C)C. The molecule has 4 nitrogen and oxygen atoms in total. The van der Waals surface area contributed by atoms with E-state index in [9.17, 15) is 4.79 Å². The maximum Gasteiger partial charge on any atom is 0.495 e. The lowest BCUT2D eigenvalue weighted by Crippen LogP contribution is -2.41. The summed E-state index contributed by atoms with van der Waals surface area (Å²) in [5.41, 5.74) is 1.38. The molecule has 0 aromatic heterocycles. The molecule has 0 bridgehead atoms. The van der Waals surface area contributed by atoms with Gasteiger partial charge in [0.2, 0.25) is 0 Å². The van der Waals surface area contributed by atoms with Crippen LogP contribution >= 0.6 is 0 Å². The first-order valence-corrected chi connectivity index (χ1v) is 8.26. The van der Waals surface area contributed by atoms with Gasteiger partial charge in [0.25, 0.3) is 0 Å². The molecule has 1 saturated heterocycles. The molecule has 126 valence electrons. The van der Waals surface area contributed by atoms with Gasteiger partial charge in [-0.2, -0.15) is 0 Å². The van der Waals surface area contributed by atoms with Crippen molar-refractivity contribution in [2.45, 2.75) is 65.6 Å². The molecule has 1 fully saturated rings. The fourth-order valence-electron chi connectivity index (χ4n) is 2.68. The number of hydrogen-bond acceptors (Lipinski definition) is 4. The van der Waals surface area contributed by atoms with Crippen LogP contribution in [0.3, 0.4) is 0 Å². The van der Waals surface area contributed by atoms with Crippen molar-refractivity contribution in [2.75, 3.05) is 6.61 Å². The minimum atomic E-state index is -0.571. The number of carbonyl (C=O) groups is 1. The van der Waals surface area contributed by atoms with Crippen molar-refractivity contribution in [1.82, 2.24) is 0 Å². The summed E-state index contributed by atoms with van der Waals surface area (Å²) in [6.45, 7) is 14.3. The molecular weight excluding hydrogens is 291 g/mol. The zero-order valence-corrected chi connectivity index (χ0v) is 15.2. The molecule has 0 spiro atoms. The molecule has 1 heterocycles. The van der Waals surface area contributed by atoms with E-state index in [0.29, 0.717) is 12.2 Å². The van der Waals surface area contributed by atoms with Gasteiger partial charge in [0.05, 0.1) is 23.4 Å². The van der Waals surface area contributed by atoms with Crippen LogP contribution in [0.4, 0.5) is 0 Å². The zero-order valence-electron chi connectivity index (χ0n) is 15.2. The number of esters is 1. The van der Waals surface area contributed by atoms with Gasteiger partial charge in [0, 0.05) is 0 Å². The van der Waals surface area contributed by atoms with Crippen LogP contribution in [0.25, 0.3) is 0 Å². The van der Waals surface area contributed by atoms with E-state index in [-0.39, 0.29) is 11.9 Å². The number of hydrogen-bond donors (Lipinski definition) is 0. The van der Waals surface area contributed by atoms with Crippen LogP contribution in [0, 0.1) is 0 Å². The Kier molecular flexibility index (Phi) is 4.93. The van der Waals surface area contributed by atoms with Gasteiger partial charge in [-0.3, -0.25) is 0 Å². The molecule has 1 aliphatic heterocycles. The number of carbonyl (C=O) groups excluding carboxylic acids is 1. The van der Waals surface area contributed by atoms with Crippen LogP contribution in [0.2, 0.25) is 0 Å². The molecule has 5 heteroatoms. The summed E-state index contributed by atoms with van der Waals surface area (Å²) >= 11 is 0. The third-order valence-corrected chi connectivity index (χ3v) is 4.74. The summed E-state index contributed by atoms with van der Waals surface area (Å²) in [6.07, 6.45) is 0. The fourth-order valence-corrected chi connectivity index (χ4v) is 2.68. The fraction of sp³-hybridized carbons (Fsp3) is 0.611. The molecule has 23 heavy (non-hydrogen) atoms. The Morgan fingerprint density at radius 1 is 1.17 bits per heavy atom. The van der Waals surface area contributed by atoms with Gasteiger partial charge in [-0.15, -0.1) is 0 Å². The van der Waals surface area contributed by atoms with E-state index >= 15 is 0 Å². The monoisotopic (exact) mass is 318 g/mol. The molecule has 0 unspecified atom stereocenters. The van der Waals surface area contributed by atoms with E-state index in [1.807, 2.05) is 52.8 Å². The minimum Gasteiger partial charge on any atom is -0.462 e. The smallest absolute Gasteiger partial charge is 0.462 e. The molecule has 0 atom stereocenters. The van der Waals surface area contributed by atoms with Crippen molar-refractivity contribution in [3.63, 3.8) is 0 Å². The van der Waals surface area contributed by atoms with Crippen LogP contribution in [-0.2, 0) is 14.0 Å². The van der Waals surface area contributed by atoms with Crippen LogP contribution in [0.5, 0.6) is 0 Å². The van der Waals surface area contributed by atoms with Gasteiger partial charge in [-0.25, -0.2) is 4.79 Å². The standard InChI is InChI=1S/C18H27BO4/c1-8-21-16(20)15-13(12(2)3)10-9-11-14(15)19-22-17(4,5)18(6,7)23-19/h9-12H,8H2,1-7H3. The van der Waals surface area contributed by atoms with Crippen LogP contribution in [0.1, 0.15) is 70.3 Å². The van der Waals surface area contributed by atoms with Gasteiger partial charge < -0.3 is 14.0 Å². The molecule has 0 saturated carbocycles. The van der Waals surface area contributed by atoms with Crippen LogP contribution in [0.15, 0.2) is 18.2 Å². The number of ether oxygens (including phenoxy) is 1. The molecule has 0 amide bonds. The first kappa shape index (κ1) is 18.0. The minimum absolute atomic E-state index is 0.205. The largest absolute Gasteiger partial charge is 0.495 e. The van der Waals surface area contributed by atoms with E-state index in [1.54, 1.807) is 0 Å². The average Bonchev–Trinajstić information content (AvgIpc) is 2.66. The summed E-state index contributed by atoms with van der Waals surface area (Å²) in [5, 5.41) is 0. The van der Waals surface area contributed by atoms with Crippen LogP contribution in [-0.4, -0.2) is 30.9 Å². The molecule has 0 aliphatic carbocycles. The number of rotatable bonds is 4. The molecule has 2 rings (SSSR count). The van der Waals surface area contributed by atoms with E-state index in [2.05, 4.69) is 13.8 Å². The van der Waals surface area contributed by atoms with E-state index < -0.39 is 18.3 Å². The normalized spacial score (nSPS) is 19.2. The predicted octanol–water partition coefficient (Wildman–Crippen LogP) is 3.29. The van der Waals surface area contributed by atoms with Gasteiger partial charge >= 0.3 is 13.1 Å². The van der Waals surface area contributed by atoms with Crippen LogP contribution < -0.4 is 5.46 Å². The van der Waals surface area contributed by atoms with Crippen molar-refractivity contribution in [1.29, 1.82) is 0 Å². The maximum absolute atomic E-state index is 12.5. The van der Waals surface area contributed by atoms with E-state index in [4.69, 9.17) is 14.0 Å². The summed E-state index contributed by atoms with van der Waals surface area (Å²) < 4.78 is 17.5. The summed E-state index contributed by atoms with van der Waals surface area (Å²) in [4.78, 5) is 12.5. The summed E-state index contributed by atoms with van der Waals surface area (Å²) in [5.74, 6) is -0.113. The molecule has 0 N–H and O–H groups in total. The quantitative estimate of drug-likeness (QED) is 0.631. The van der Waals surface area contributed by atoms with E-state index in [0.717, 1.165) is 11.0 Å². The molecule has 1 aliphatic rings. The topological polar surface area (TPSA) is 44.8 Å². The Hall–Kier alpha value is -1.33. The zero-order chi connectivity index (χ0) is 17.4.